The highest BCUT2D eigenvalue weighted by Crippen LogP contribution is 2.23. The van der Waals surface area contributed by atoms with E-state index in [0.717, 1.165) is 50.2 Å². The predicted octanol–water partition coefficient (Wildman–Crippen LogP) is 4.98. The Morgan fingerprint density at radius 3 is 2.86 bits per heavy atom. The van der Waals surface area contributed by atoms with Crippen LogP contribution >= 0.6 is 0 Å². The van der Waals surface area contributed by atoms with Gasteiger partial charge in [0.05, 0.1) is 12.8 Å². The van der Waals surface area contributed by atoms with Crippen molar-refractivity contribution in [2.45, 2.75) is 25.7 Å². The second kappa shape index (κ2) is 10.8. The Hall–Kier alpha value is -2.66. The maximum Gasteiger partial charge on any atom is 0.224 e. The lowest BCUT2D eigenvalue weighted by molar-refractivity contribution is -0.116. The van der Waals surface area contributed by atoms with Crippen molar-refractivity contribution in [3.8, 4) is 5.75 Å². The fraction of sp³-hybridized carbons (Fsp3) is 0.375. The number of hydrogen-bond acceptors (Lipinski definition) is 3. The smallest absolute Gasteiger partial charge is 0.224 e. The summed E-state index contributed by atoms with van der Waals surface area (Å²) in [6, 6.07) is 14.3. The minimum absolute atomic E-state index is 0.122. The molecule has 0 spiro atoms. The van der Waals surface area contributed by atoms with Crippen LogP contribution in [0.3, 0.4) is 0 Å². The Labute approximate surface area is 172 Å². The summed E-state index contributed by atoms with van der Waals surface area (Å²) >= 11 is 0. The van der Waals surface area contributed by atoms with Gasteiger partial charge < -0.3 is 10.1 Å². The van der Waals surface area contributed by atoms with Crippen molar-refractivity contribution in [1.82, 2.24) is 4.90 Å². The van der Waals surface area contributed by atoms with Crippen LogP contribution in [0.5, 0.6) is 5.75 Å². The first kappa shape index (κ1) is 21.1. The minimum Gasteiger partial charge on any atom is -0.496 e. The molecular weight excluding hydrogens is 367 g/mol. The molecule has 154 valence electrons. The van der Waals surface area contributed by atoms with Gasteiger partial charge in [0.15, 0.2) is 0 Å². The Morgan fingerprint density at radius 1 is 1.24 bits per heavy atom. The molecule has 1 heterocycles. The standard InChI is InChI=1S/C24H29FN2O2/c1-29-23-13-5-2-9-20(23)10-7-17-27-16-6-8-19(18-27)14-15-24(28)26-22-12-4-3-11-21(22)25/h2-5,7,9-13,19H,6,8,14-18H2,1H3,(H,26,28)/b10-7+/t19-/m1/s1. The molecule has 5 heteroatoms. The number of rotatable bonds is 8. The minimum atomic E-state index is -0.397. The Bertz CT molecular complexity index is 837. The second-order valence-electron chi connectivity index (χ2n) is 7.48. The van der Waals surface area contributed by atoms with Crippen LogP contribution in [0.1, 0.15) is 31.2 Å². The zero-order chi connectivity index (χ0) is 20.5. The van der Waals surface area contributed by atoms with Crippen molar-refractivity contribution in [3.63, 3.8) is 0 Å². The zero-order valence-electron chi connectivity index (χ0n) is 16.9. The number of amides is 1. The van der Waals surface area contributed by atoms with E-state index in [1.165, 1.54) is 6.07 Å². The molecule has 1 aliphatic heterocycles. The van der Waals surface area contributed by atoms with Crippen LogP contribution < -0.4 is 10.1 Å². The maximum absolute atomic E-state index is 13.6. The van der Waals surface area contributed by atoms with E-state index in [-0.39, 0.29) is 11.6 Å². The van der Waals surface area contributed by atoms with E-state index in [9.17, 15) is 9.18 Å². The van der Waals surface area contributed by atoms with E-state index in [0.29, 0.717) is 12.3 Å². The molecule has 1 N–H and O–H groups in total. The molecule has 0 aliphatic carbocycles. The molecular formula is C24H29FN2O2. The monoisotopic (exact) mass is 396 g/mol. The van der Waals surface area contributed by atoms with Crippen molar-refractivity contribution >= 4 is 17.7 Å². The number of carbonyl (C=O) groups is 1. The number of methoxy groups -OCH3 is 1. The van der Waals surface area contributed by atoms with Gasteiger partial charge in [-0.15, -0.1) is 0 Å². The second-order valence-corrected chi connectivity index (χ2v) is 7.48. The first-order chi connectivity index (χ1) is 14.2. The lowest BCUT2D eigenvalue weighted by Crippen LogP contribution is -2.35. The van der Waals surface area contributed by atoms with Gasteiger partial charge in [0.25, 0.3) is 0 Å². The number of halogens is 1. The van der Waals surface area contributed by atoms with Gasteiger partial charge in [0, 0.05) is 25.1 Å². The summed E-state index contributed by atoms with van der Waals surface area (Å²) in [5.41, 5.74) is 1.33. The summed E-state index contributed by atoms with van der Waals surface area (Å²) in [6.07, 6.45) is 7.80. The summed E-state index contributed by atoms with van der Waals surface area (Å²) in [6.45, 7) is 2.95. The van der Waals surface area contributed by atoms with Crippen molar-refractivity contribution < 1.29 is 13.9 Å². The number of nitrogens with one attached hydrogen (secondary N) is 1. The zero-order valence-corrected chi connectivity index (χ0v) is 16.9. The number of likely N-dealkylation sites (tertiary alicyclic amines) is 1. The maximum atomic E-state index is 13.6. The number of nitrogens with zero attached hydrogens (tertiary/aromatic N) is 1. The van der Waals surface area contributed by atoms with Crippen LogP contribution in [0, 0.1) is 11.7 Å². The molecule has 0 unspecified atom stereocenters. The fourth-order valence-electron chi connectivity index (χ4n) is 3.80. The molecule has 29 heavy (non-hydrogen) atoms. The van der Waals surface area contributed by atoms with Gasteiger partial charge in [0.1, 0.15) is 11.6 Å². The molecule has 0 saturated carbocycles. The molecule has 3 rings (SSSR count). The molecule has 1 atom stereocenters. The number of hydrogen-bond donors (Lipinski definition) is 1. The van der Waals surface area contributed by atoms with Gasteiger partial charge in [-0.2, -0.15) is 0 Å². The molecule has 4 nitrogen and oxygen atoms in total. The predicted molar refractivity (Wildman–Crippen MR) is 115 cm³/mol. The van der Waals surface area contributed by atoms with Crippen molar-refractivity contribution in [1.29, 1.82) is 0 Å². The first-order valence-electron chi connectivity index (χ1n) is 10.2. The average Bonchev–Trinajstić information content (AvgIpc) is 2.75. The van der Waals surface area contributed by atoms with Crippen LogP contribution in [0.2, 0.25) is 0 Å². The van der Waals surface area contributed by atoms with Gasteiger partial charge in [-0.1, -0.05) is 42.5 Å². The van der Waals surface area contributed by atoms with E-state index >= 15 is 0 Å². The van der Waals surface area contributed by atoms with Crippen molar-refractivity contribution in [2.24, 2.45) is 5.92 Å². The van der Waals surface area contributed by atoms with E-state index in [4.69, 9.17) is 4.74 Å². The summed E-state index contributed by atoms with van der Waals surface area (Å²) in [4.78, 5) is 14.6. The summed E-state index contributed by atoms with van der Waals surface area (Å²) in [7, 11) is 1.68. The third-order valence-electron chi connectivity index (χ3n) is 5.33. The number of carbonyl (C=O) groups excluding carboxylic acids is 1. The van der Waals surface area contributed by atoms with Gasteiger partial charge >= 0.3 is 0 Å². The summed E-state index contributed by atoms with van der Waals surface area (Å²) in [5.74, 6) is 0.853. The number of ether oxygens (including phenoxy) is 1. The highest BCUT2D eigenvalue weighted by atomic mass is 19.1. The molecule has 2 aromatic rings. The quantitative estimate of drug-likeness (QED) is 0.684. The normalized spacial score (nSPS) is 17.4. The summed E-state index contributed by atoms with van der Waals surface area (Å²) in [5, 5.41) is 2.67. The molecule has 0 aromatic heterocycles. The van der Waals surface area contributed by atoms with Crippen LogP contribution in [0.25, 0.3) is 6.08 Å². The van der Waals surface area contributed by atoms with Crippen LogP contribution in [0.4, 0.5) is 10.1 Å². The molecule has 1 saturated heterocycles. The Morgan fingerprint density at radius 2 is 2.03 bits per heavy atom. The van der Waals surface area contributed by atoms with E-state index in [2.05, 4.69) is 22.4 Å². The number of anilines is 1. The lowest BCUT2D eigenvalue weighted by atomic mass is 9.93. The van der Waals surface area contributed by atoms with Gasteiger partial charge in [-0.3, -0.25) is 9.69 Å². The number of benzene rings is 2. The molecule has 0 radical (unpaired) electrons. The largest absolute Gasteiger partial charge is 0.496 e. The molecule has 1 aliphatic rings. The van der Waals surface area contributed by atoms with Gasteiger partial charge in [0.2, 0.25) is 5.91 Å². The molecule has 2 aromatic carbocycles. The topological polar surface area (TPSA) is 41.6 Å². The molecule has 1 amide bonds. The first-order valence-corrected chi connectivity index (χ1v) is 10.2. The third-order valence-corrected chi connectivity index (χ3v) is 5.33. The van der Waals surface area contributed by atoms with Gasteiger partial charge in [-0.25, -0.2) is 4.39 Å². The SMILES string of the molecule is COc1ccccc1/C=C/CN1CCC[C@H](CCC(=O)Nc2ccccc2F)C1. The van der Waals surface area contributed by atoms with Crippen LogP contribution in [-0.2, 0) is 4.79 Å². The molecule has 1 fully saturated rings. The van der Waals surface area contributed by atoms with E-state index in [1.807, 2.05) is 24.3 Å². The third kappa shape index (κ3) is 6.43. The van der Waals surface area contributed by atoms with Crippen LogP contribution in [0.15, 0.2) is 54.6 Å². The summed E-state index contributed by atoms with van der Waals surface area (Å²) < 4.78 is 19.0. The lowest BCUT2D eigenvalue weighted by Gasteiger charge is -2.31. The number of piperidine rings is 1. The van der Waals surface area contributed by atoms with E-state index in [1.54, 1.807) is 25.3 Å². The Kier molecular flexibility index (Phi) is 7.82. The van der Waals surface area contributed by atoms with Gasteiger partial charge in [-0.05, 0) is 49.9 Å². The fourth-order valence-corrected chi connectivity index (χ4v) is 3.80. The molecule has 0 bridgehead atoms. The highest BCUT2D eigenvalue weighted by molar-refractivity contribution is 5.90. The van der Waals surface area contributed by atoms with Crippen molar-refractivity contribution in [2.75, 3.05) is 32.1 Å². The average molecular weight is 397 g/mol. The highest BCUT2D eigenvalue weighted by Gasteiger charge is 2.20. The van der Waals surface area contributed by atoms with Crippen LogP contribution in [-0.4, -0.2) is 37.6 Å². The van der Waals surface area contributed by atoms with Crippen molar-refractivity contribution in [3.05, 3.63) is 66.0 Å². The number of para-hydroxylation sites is 2. The Balaban J connectivity index is 1.44. The van der Waals surface area contributed by atoms with E-state index < -0.39 is 5.82 Å².